The Bertz CT molecular complexity index is 199. The van der Waals surface area contributed by atoms with Crippen molar-refractivity contribution in [2.24, 2.45) is 5.92 Å². The minimum atomic E-state index is 0.0798. The van der Waals surface area contributed by atoms with Gasteiger partial charge in [-0.1, -0.05) is 13.3 Å². The molecule has 4 heteroatoms. The smallest absolute Gasteiger partial charge is 0.234 e. The van der Waals surface area contributed by atoms with Gasteiger partial charge in [0.25, 0.3) is 0 Å². The molecule has 0 saturated heterocycles. The van der Waals surface area contributed by atoms with Gasteiger partial charge in [0.15, 0.2) is 0 Å². The lowest BCUT2D eigenvalue weighted by Crippen LogP contribution is -2.42. The molecule has 0 spiro atoms. The zero-order valence-corrected chi connectivity index (χ0v) is 10.4. The molecule has 0 bridgehead atoms. The van der Waals surface area contributed by atoms with Crippen LogP contribution < -0.4 is 10.6 Å². The summed E-state index contributed by atoms with van der Waals surface area (Å²) in [6.45, 7) is 4.12. The van der Waals surface area contributed by atoms with Gasteiger partial charge < -0.3 is 15.4 Å². The molecule has 1 fully saturated rings. The molecule has 1 unspecified atom stereocenters. The quantitative estimate of drug-likeness (QED) is 0.617. The van der Waals surface area contributed by atoms with Crippen molar-refractivity contribution in [3.8, 4) is 0 Å². The van der Waals surface area contributed by atoms with Crippen molar-refractivity contribution in [3.63, 3.8) is 0 Å². The second-order valence-electron chi connectivity index (χ2n) is 4.58. The van der Waals surface area contributed by atoms with E-state index in [1.807, 2.05) is 0 Å². The highest BCUT2D eigenvalue weighted by Gasteiger charge is 2.20. The van der Waals surface area contributed by atoms with Crippen molar-refractivity contribution >= 4 is 5.91 Å². The molecular formula is C12H24N2O2. The zero-order chi connectivity index (χ0) is 11.8. The average Bonchev–Trinajstić information content (AvgIpc) is 3.02. The first-order chi connectivity index (χ1) is 7.76. The number of carbonyl (C=O) groups excluding carboxylic acids is 1. The third-order valence-corrected chi connectivity index (χ3v) is 2.79. The summed E-state index contributed by atoms with van der Waals surface area (Å²) in [5.74, 6) is 0.898. The van der Waals surface area contributed by atoms with Crippen molar-refractivity contribution in [1.82, 2.24) is 10.6 Å². The number of carbonyl (C=O) groups is 1. The summed E-state index contributed by atoms with van der Waals surface area (Å²) < 4.78 is 5.07. The van der Waals surface area contributed by atoms with Gasteiger partial charge in [-0.2, -0.15) is 0 Å². The molecule has 0 aliphatic heterocycles. The summed E-state index contributed by atoms with van der Waals surface area (Å²) in [5.41, 5.74) is 0. The molecular weight excluding hydrogens is 204 g/mol. The highest BCUT2D eigenvalue weighted by Crippen LogP contribution is 2.27. The van der Waals surface area contributed by atoms with Gasteiger partial charge in [0, 0.05) is 7.11 Å². The molecule has 0 aromatic heterocycles. The largest absolute Gasteiger partial charge is 0.383 e. The number of methoxy groups -OCH3 is 1. The molecule has 0 radical (unpaired) electrons. The van der Waals surface area contributed by atoms with E-state index in [4.69, 9.17) is 4.74 Å². The van der Waals surface area contributed by atoms with E-state index >= 15 is 0 Å². The van der Waals surface area contributed by atoms with Crippen LogP contribution in [0.3, 0.4) is 0 Å². The molecule has 1 aliphatic rings. The molecule has 0 heterocycles. The lowest BCUT2D eigenvalue weighted by molar-refractivity contribution is -0.121. The molecule has 1 aliphatic carbocycles. The Morgan fingerprint density at radius 3 is 2.81 bits per heavy atom. The topological polar surface area (TPSA) is 50.4 Å². The predicted octanol–water partition coefficient (Wildman–Crippen LogP) is 0.917. The zero-order valence-electron chi connectivity index (χ0n) is 10.4. The van der Waals surface area contributed by atoms with Gasteiger partial charge in [0.05, 0.1) is 19.2 Å². The molecule has 16 heavy (non-hydrogen) atoms. The first-order valence-electron chi connectivity index (χ1n) is 6.25. The highest BCUT2D eigenvalue weighted by molar-refractivity contribution is 5.78. The maximum absolute atomic E-state index is 11.6. The van der Waals surface area contributed by atoms with Gasteiger partial charge in [-0.25, -0.2) is 0 Å². The summed E-state index contributed by atoms with van der Waals surface area (Å²) >= 11 is 0. The summed E-state index contributed by atoms with van der Waals surface area (Å²) in [6.07, 6.45) is 4.67. The summed E-state index contributed by atoms with van der Waals surface area (Å²) in [5, 5.41) is 6.17. The van der Waals surface area contributed by atoms with Crippen molar-refractivity contribution in [2.45, 2.75) is 38.6 Å². The number of ether oxygens (including phenoxy) is 1. The fourth-order valence-electron chi connectivity index (χ4n) is 1.74. The highest BCUT2D eigenvalue weighted by atomic mass is 16.5. The van der Waals surface area contributed by atoms with Crippen LogP contribution in [0.4, 0.5) is 0 Å². The maximum Gasteiger partial charge on any atom is 0.234 e. The Kier molecular flexibility index (Phi) is 6.42. The SMILES string of the molecule is CCCC(COC)NC(=O)CNCC1CC1. The number of hydrogen-bond acceptors (Lipinski definition) is 3. The standard InChI is InChI=1S/C12H24N2O2/c1-3-4-11(9-16-2)14-12(15)8-13-7-10-5-6-10/h10-11,13H,3-9H2,1-2H3,(H,14,15). The molecule has 1 amide bonds. The van der Waals surface area contributed by atoms with Crippen molar-refractivity contribution < 1.29 is 9.53 Å². The van der Waals surface area contributed by atoms with Gasteiger partial charge in [-0.05, 0) is 31.7 Å². The van der Waals surface area contributed by atoms with Crippen molar-refractivity contribution in [3.05, 3.63) is 0 Å². The second kappa shape index (κ2) is 7.63. The molecule has 4 nitrogen and oxygen atoms in total. The van der Waals surface area contributed by atoms with Crippen LogP contribution in [0.25, 0.3) is 0 Å². The van der Waals surface area contributed by atoms with Crippen molar-refractivity contribution in [2.75, 3.05) is 26.8 Å². The average molecular weight is 228 g/mol. The molecule has 1 rings (SSSR count). The van der Waals surface area contributed by atoms with Gasteiger partial charge >= 0.3 is 0 Å². The lowest BCUT2D eigenvalue weighted by Gasteiger charge is -2.17. The number of amides is 1. The van der Waals surface area contributed by atoms with Crippen LogP contribution in [-0.2, 0) is 9.53 Å². The summed E-state index contributed by atoms with van der Waals surface area (Å²) in [4.78, 5) is 11.6. The Labute approximate surface area is 98.1 Å². The first-order valence-corrected chi connectivity index (χ1v) is 6.25. The predicted molar refractivity (Wildman–Crippen MR) is 64.3 cm³/mol. The van der Waals surface area contributed by atoms with Crippen molar-refractivity contribution in [1.29, 1.82) is 0 Å². The van der Waals surface area contributed by atoms with E-state index in [0.29, 0.717) is 13.2 Å². The number of nitrogens with one attached hydrogen (secondary N) is 2. The van der Waals surface area contributed by atoms with E-state index in [-0.39, 0.29) is 11.9 Å². The van der Waals surface area contributed by atoms with Gasteiger partial charge in [-0.3, -0.25) is 4.79 Å². The van der Waals surface area contributed by atoms with Crippen LogP contribution in [0, 0.1) is 5.92 Å². The fourth-order valence-corrected chi connectivity index (χ4v) is 1.74. The summed E-state index contributed by atoms with van der Waals surface area (Å²) in [6, 6.07) is 0.158. The molecule has 0 aromatic carbocycles. The molecule has 1 saturated carbocycles. The Balaban J connectivity index is 2.07. The number of hydrogen-bond donors (Lipinski definition) is 2. The molecule has 94 valence electrons. The van der Waals surface area contributed by atoms with E-state index in [1.165, 1.54) is 12.8 Å². The lowest BCUT2D eigenvalue weighted by atomic mass is 10.2. The first kappa shape index (κ1) is 13.5. The van der Waals surface area contributed by atoms with E-state index in [0.717, 1.165) is 25.3 Å². The van der Waals surface area contributed by atoms with Crippen LogP contribution in [0.1, 0.15) is 32.6 Å². The van der Waals surface area contributed by atoms with E-state index in [2.05, 4.69) is 17.6 Å². The molecule has 2 N–H and O–H groups in total. The second-order valence-corrected chi connectivity index (χ2v) is 4.58. The van der Waals surface area contributed by atoms with Crippen LogP contribution in [0.2, 0.25) is 0 Å². The van der Waals surface area contributed by atoms with Crippen LogP contribution in [0.5, 0.6) is 0 Å². The third-order valence-electron chi connectivity index (χ3n) is 2.79. The molecule has 1 atom stereocenters. The van der Waals surface area contributed by atoms with E-state index in [9.17, 15) is 4.79 Å². The van der Waals surface area contributed by atoms with Gasteiger partial charge in [0.1, 0.15) is 0 Å². The Morgan fingerprint density at radius 1 is 1.50 bits per heavy atom. The van der Waals surface area contributed by atoms with Crippen LogP contribution in [-0.4, -0.2) is 38.8 Å². The van der Waals surface area contributed by atoms with Crippen LogP contribution >= 0.6 is 0 Å². The normalized spacial score (nSPS) is 17.1. The van der Waals surface area contributed by atoms with Gasteiger partial charge in [-0.15, -0.1) is 0 Å². The maximum atomic E-state index is 11.6. The Morgan fingerprint density at radius 2 is 2.25 bits per heavy atom. The van der Waals surface area contributed by atoms with E-state index in [1.54, 1.807) is 7.11 Å². The minimum Gasteiger partial charge on any atom is -0.383 e. The third kappa shape index (κ3) is 6.08. The molecule has 0 aromatic rings. The number of rotatable bonds is 9. The Hall–Kier alpha value is -0.610. The van der Waals surface area contributed by atoms with Crippen LogP contribution in [0.15, 0.2) is 0 Å². The van der Waals surface area contributed by atoms with E-state index < -0.39 is 0 Å². The monoisotopic (exact) mass is 228 g/mol. The van der Waals surface area contributed by atoms with Gasteiger partial charge in [0.2, 0.25) is 5.91 Å². The summed E-state index contributed by atoms with van der Waals surface area (Å²) in [7, 11) is 1.67. The fraction of sp³-hybridized carbons (Fsp3) is 0.917. The minimum absolute atomic E-state index is 0.0798.